The molecule has 0 aromatic heterocycles. The van der Waals surface area contributed by atoms with Gasteiger partial charge in [0.2, 0.25) is 0 Å². The first-order chi connectivity index (χ1) is 16.8. The minimum Gasteiger partial charge on any atom is -0.481 e. The van der Waals surface area contributed by atoms with Gasteiger partial charge in [-0.2, -0.15) is 0 Å². The standard InChI is InChI=1S/C25H42O10/c1-3-5-7-9-11-13-15-32-24(30)34-18-20(21(23(28)29)17-22(26)27)19-35-25(31)33-16-14-12-10-8-6-4-2/h3-19H2,1-2H3,(H,26,27)(H,28,29). The Labute approximate surface area is 207 Å². The summed E-state index contributed by atoms with van der Waals surface area (Å²) in [5.41, 5.74) is -0.710. The van der Waals surface area contributed by atoms with Crippen LogP contribution in [0.3, 0.4) is 0 Å². The molecule has 202 valence electrons. The third-order valence-electron chi connectivity index (χ3n) is 5.18. The number of carbonyl (C=O) groups is 4. The van der Waals surface area contributed by atoms with Gasteiger partial charge in [-0.05, 0) is 12.8 Å². The topological polar surface area (TPSA) is 146 Å². The molecule has 0 aromatic rings. The molecular formula is C25H42O10. The maximum atomic E-state index is 11.8. The molecule has 0 heterocycles. The third-order valence-corrected chi connectivity index (χ3v) is 5.18. The minimum atomic E-state index is -1.52. The highest BCUT2D eigenvalue weighted by molar-refractivity contribution is 5.93. The van der Waals surface area contributed by atoms with Crippen molar-refractivity contribution in [3.05, 3.63) is 11.1 Å². The molecular weight excluding hydrogens is 460 g/mol. The van der Waals surface area contributed by atoms with Crippen molar-refractivity contribution in [1.82, 2.24) is 0 Å². The van der Waals surface area contributed by atoms with Crippen molar-refractivity contribution in [2.24, 2.45) is 0 Å². The highest BCUT2D eigenvalue weighted by atomic mass is 16.7. The van der Waals surface area contributed by atoms with E-state index in [1.807, 2.05) is 0 Å². The quantitative estimate of drug-likeness (QED) is 0.111. The van der Waals surface area contributed by atoms with Gasteiger partial charge in [0.25, 0.3) is 0 Å². The second-order valence-corrected chi connectivity index (χ2v) is 8.27. The molecule has 0 bridgehead atoms. The van der Waals surface area contributed by atoms with Gasteiger partial charge in [-0.15, -0.1) is 0 Å². The van der Waals surface area contributed by atoms with Crippen LogP contribution in [0.5, 0.6) is 0 Å². The number of hydrogen-bond donors (Lipinski definition) is 2. The number of carboxylic acids is 2. The van der Waals surface area contributed by atoms with E-state index in [1.54, 1.807) is 0 Å². The summed E-state index contributed by atoms with van der Waals surface area (Å²) in [5, 5.41) is 18.4. The molecule has 0 saturated carbocycles. The van der Waals surface area contributed by atoms with Gasteiger partial charge in [0.15, 0.2) is 0 Å². The molecule has 0 aliphatic rings. The molecule has 0 atom stereocenters. The molecule has 0 aliphatic carbocycles. The molecule has 0 unspecified atom stereocenters. The van der Waals surface area contributed by atoms with Gasteiger partial charge in [0.05, 0.1) is 25.2 Å². The van der Waals surface area contributed by atoms with E-state index in [0.29, 0.717) is 12.8 Å². The molecule has 35 heavy (non-hydrogen) atoms. The van der Waals surface area contributed by atoms with E-state index in [0.717, 1.165) is 64.2 Å². The largest absolute Gasteiger partial charge is 0.508 e. The Bertz CT molecular complexity index is 621. The average molecular weight is 503 g/mol. The Kier molecular flexibility index (Phi) is 20.0. The second-order valence-electron chi connectivity index (χ2n) is 8.27. The van der Waals surface area contributed by atoms with Crippen LogP contribution >= 0.6 is 0 Å². The molecule has 0 fully saturated rings. The SMILES string of the molecule is CCCCCCCCOC(=O)OCC(COC(=O)OCCCCCCCC)=C(CC(=O)O)C(=O)O. The van der Waals surface area contributed by atoms with E-state index in [9.17, 15) is 24.3 Å². The van der Waals surface area contributed by atoms with Crippen molar-refractivity contribution in [2.45, 2.75) is 97.3 Å². The lowest BCUT2D eigenvalue weighted by Crippen LogP contribution is -2.20. The first-order valence-corrected chi connectivity index (χ1v) is 12.6. The van der Waals surface area contributed by atoms with E-state index in [4.69, 9.17) is 24.1 Å². The first-order valence-electron chi connectivity index (χ1n) is 12.6. The maximum Gasteiger partial charge on any atom is 0.508 e. The minimum absolute atomic E-state index is 0.159. The van der Waals surface area contributed by atoms with Crippen molar-refractivity contribution in [3.8, 4) is 0 Å². The number of rotatable bonds is 21. The highest BCUT2D eigenvalue weighted by Crippen LogP contribution is 2.13. The van der Waals surface area contributed by atoms with Crippen molar-refractivity contribution >= 4 is 24.2 Å². The molecule has 0 saturated heterocycles. The average Bonchev–Trinajstić information content (AvgIpc) is 2.81. The summed E-state index contributed by atoms with van der Waals surface area (Å²) in [4.78, 5) is 46.3. The van der Waals surface area contributed by atoms with Gasteiger partial charge >= 0.3 is 24.2 Å². The summed E-state index contributed by atoms with van der Waals surface area (Å²) in [5.74, 6) is -2.91. The Morgan fingerprint density at radius 2 is 0.971 bits per heavy atom. The lowest BCUT2D eigenvalue weighted by molar-refractivity contribution is -0.139. The summed E-state index contributed by atoms with van der Waals surface area (Å²) >= 11 is 0. The normalized spacial score (nSPS) is 10.3. The predicted octanol–water partition coefficient (Wildman–Crippen LogP) is 5.87. The van der Waals surface area contributed by atoms with Crippen molar-refractivity contribution in [1.29, 1.82) is 0 Å². The molecule has 0 aliphatic heterocycles. The summed E-state index contributed by atoms with van der Waals surface area (Å²) in [6.45, 7) is 3.39. The number of unbranched alkanes of at least 4 members (excludes halogenated alkanes) is 10. The Balaban J connectivity index is 4.63. The van der Waals surface area contributed by atoms with Crippen LogP contribution in [0.2, 0.25) is 0 Å². The number of ether oxygens (including phenoxy) is 4. The van der Waals surface area contributed by atoms with Crippen LogP contribution in [0.1, 0.15) is 97.3 Å². The first kappa shape index (κ1) is 32.2. The second kappa shape index (κ2) is 21.7. The molecule has 10 nitrogen and oxygen atoms in total. The van der Waals surface area contributed by atoms with E-state index < -0.39 is 49.5 Å². The van der Waals surface area contributed by atoms with Crippen LogP contribution in [-0.4, -0.2) is 60.9 Å². The van der Waals surface area contributed by atoms with Crippen molar-refractivity contribution in [2.75, 3.05) is 26.4 Å². The van der Waals surface area contributed by atoms with Crippen LogP contribution in [0, 0.1) is 0 Å². The fourth-order valence-electron chi connectivity index (χ4n) is 3.17. The van der Waals surface area contributed by atoms with Gasteiger partial charge in [-0.1, -0.05) is 78.1 Å². The number of carbonyl (C=O) groups excluding carboxylic acids is 2. The summed E-state index contributed by atoms with van der Waals surface area (Å²) in [7, 11) is 0. The summed E-state index contributed by atoms with van der Waals surface area (Å²) in [6.07, 6.45) is 9.25. The van der Waals surface area contributed by atoms with Crippen LogP contribution < -0.4 is 0 Å². The van der Waals surface area contributed by atoms with Gasteiger partial charge < -0.3 is 29.2 Å². The van der Waals surface area contributed by atoms with Gasteiger partial charge in [0, 0.05) is 5.57 Å². The molecule has 0 rings (SSSR count). The smallest absolute Gasteiger partial charge is 0.481 e. The zero-order valence-electron chi connectivity index (χ0n) is 21.2. The van der Waals surface area contributed by atoms with E-state index in [1.165, 1.54) is 0 Å². The van der Waals surface area contributed by atoms with E-state index in [-0.39, 0.29) is 18.8 Å². The zero-order chi connectivity index (χ0) is 26.3. The monoisotopic (exact) mass is 502 g/mol. The van der Waals surface area contributed by atoms with E-state index in [2.05, 4.69) is 13.8 Å². The van der Waals surface area contributed by atoms with Crippen LogP contribution in [0.4, 0.5) is 9.59 Å². The lowest BCUT2D eigenvalue weighted by atomic mass is 10.1. The Hall–Kier alpha value is -2.78. The van der Waals surface area contributed by atoms with Crippen molar-refractivity contribution in [3.63, 3.8) is 0 Å². The van der Waals surface area contributed by atoms with Crippen LogP contribution in [0.15, 0.2) is 11.1 Å². The molecule has 2 N–H and O–H groups in total. The highest BCUT2D eigenvalue weighted by Gasteiger charge is 2.21. The predicted molar refractivity (Wildman–Crippen MR) is 128 cm³/mol. The third kappa shape index (κ3) is 19.2. The Morgan fingerprint density at radius 1 is 0.571 bits per heavy atom. The molecule has 0 amide bonds. The van der Waals surface area contributed by atoms with Crippen LogP contribution in [-0.2, 0) is 28.5 Å². The maximum absolute atomic E-state index is 11.8. The van der Waals surface area contributed by atoms with Gasteiger partial charge in [-0.3, -0.25) is 4.79 Å². The Morgan fingerprint density at radius 3 is 1.34 bits per heavy atom. The fourth-order valence-corrected chi connectivity index (χ4v) is 3.17. The van der Waals surface area contributed by atoms with E-state index >= 15 is 0 Å². The number of hydrogen-bond acceptors (Lipinski definition) is 8. The lowest BCUT2D eigenvalue weighted by Gasteiger charge is -2.13. The number of aliphatic carboxylic acids is 2. The number of carboxylic acid groups (broad SMARTS) is 2. The molecule has 0 aromatic carbocycles. The molecule has 0 spiro atoms. The molecule has 0 radical (unpaired) electrons. The fraction of sp³-hybridized carbons (Fsp3) is 0.760. The summed E-state index contributed by atoms with van der Waals surface area (Å²) < 4.78 is 19.8. The zero-order valence-corrected chi connectivity index (χ0v) is 21.2. The van der Waals surface area contributed by atoms with Crippen molar-refractivity contribution < 1.29 is 48.3 Å². The molecule has 10 heteroatoms. The van der Waals surface area contributed by atoms with Gasteiger partial charge in [0.1, 0.15) is 13.2 Å². The summed E-state index contributed by atoms with van der Waals surface area (Å²) in [6, 6.07) is 0. The van der Waals surface area contributed by atoms with Crippen LogP contribution in [0.25, 0.3) is 0 Å². The van der Waals surface area contributed by atoms with Gasteiger partial charge in [-0.25, -0.2) is 14.4 Å².